The van der Waals surface area contributed by atoms with Crippen molar-refractivity contribution in [2.75, 3.05) is 17.2 Å². The number of hydrogen-bond donors (Lipinski definition) is 2. The number of aryl methyl sites for hydroxylation is 2. The molecule has 0 saturated carbocycles. The molecule has 0 bridgehead atoms. The maximum atomic E-state index is 12.8. The highest BCUT2D eigenvalue weighted by Gasteiger charge is 2.25. The van der Waals surface area contributed by atoms with E-state index in [1.165, 1.54) is 28.8 Å². The first kappa shape index (κ1) is 23.4. The highest BCUT2D eigenvalue weighted by atomic mass is 32.1. The first-order valence-corrected chi connectivity index (χ1v) is 12.7. The molecule has 8 heteroatoms. The van der Waals surface area contributed by atoms with Gasteiger partial charge < -0.3 is 15.4 Å². The molecule has 0 unspecified atom stereocenters. The summed E-state index contributed by atoms with van der Waals surface area (Å²) in [7, 11) is 0. The van der Waals surface area contributed by atoms with Crippen LogP contribution in [0.1, 0.15) is 64.5 Å². The third-order valence-electron chi connectivity index (χ3n) is 5.86. The van der Waals surface area contributed by atoms with Crippen LogP contribution in [0.5, 0.6) is 0 Å². The van der Waals surface area contributed by atoms with Gasteiger partial charge in [0.05, 0.1) is 30.6 Å². The molecule has 0 amide bonds. The Morgan fingerprint density at radius 3 is 2.76 bits per heavy atom. The fraction of sp³-hybridized carbons (Fsp3) is 0.400. The van der Waals surface area contributed by atoms with Crippen molar-refractivity contribution >= 4 is 45.3 Å². The van der Waals surface area contributed by atoms with Crippen LogP contribution in [0, 0.1) is 6.92 Å². The van der Waals surface area contributed by atoms with Crippen molar-refractivity contribution in [3.8, 4) is 0 Å². The average molecular weight is 483 g/mol. The van der Waals surface area contributed by atoms with Crippen LogP contribution in [-0.2, 0) is 24.1 Å². The number of benzene rings is 1. The fourth-order valence-corrected chi connectivity index (χ4v) is 5.74. The summed E-state index contributed by atoms with van der Waals surface area (Å²) in [6, 6.07) is 8.28. The topological polar surface area (TPSA) is 68.2 Å². The lowest BCUT2D eigenvalue weighted by atomic mass is 9.96. The number of nitrogens with one attached hydrogen (secondary N) is 2. The van der Waals surface area contributed by atoms with Gasteiger partial charge in [-0.3, -0.25) is 4.68 Å². The van der Waals surface area contributed by atoms with Crippen molar-refractivity contribution in [1.82, 2.24) is 9.78 Å². The molecule has 0 spiro atoms. The molecular weight excluding hydrogens is 452 g/mol. The van der Waals surface area contributed by atoms with E-state index in [1.807, 2.05) is 29.9 Å². The number of esters is 1. The van der Waals surface area contributed by atoms with Crippen LogP contribution in [0.4, 0.5) is 10.7 Å². The van der Waals surface area contributed by atoms with E-state index in [0.717, 1.165) is 41.9 Å². The lowest BCUT2D eigenvalue weighted by Crippen LogP contribution is -2.20. The molecule has 174 valence electrons. The minimum atomic E-state index is -0.271. The maximum absolute atomic E-state index is 12.8. The zero-order valence-electron chi connectivity index (χ0n) is 19.1. The minimum absolute atomic E-state index is 0.271. The number of aromatic nitrogens is 2. The second-order valence-corrected chi connectivity index (χ2v) is 9.79. The van der Waals surface area contributed by atoms with Gasteiger partial charge in [0.25, 0.3) is 0 Å². The van der Waals surface area contributed by atoms with E-state index in [0.29, 0.717) is 23.8 Å². The van der Waals surface area contributed by atoms with Gasteiger partial charge in [-0.2, -0.15) is 5.10 Å². The number of thiocarbonyl (C=S) groups is 1. The molecule has 0 atom stereocenters. The number of hydrogen-bond acceptors (Lipinski definition) is 5. The van der Waals surface area contributed by atoms with Crippen LogP contribution in [0.3, 0.4) is 0 Å². The van der Waals surface area contributed by atoms with Gasteiger partial charge in [0.1, 0.15) is 5.00 Å². The van der Waals surface area contributed by atoms with Gasteiger partial charge in [-0.25, -0.2) is 4.79 Å². The molecule has 2 heterocycles. The SMILES string of the molecule is CCOC(=O)c1c(NC(=S)Nc2cnn(Cc3ccccc3C)c2)sc2c1CCCCCC2. The zero-order chi connectivity index (χ0) is 23.2. The van der Waals surface area contributed by atoms with Gasteiger partial charge in [0.15, 0.2) is 5.11 Å². The number of rotatable bonds is 6. The Balaban J connectivity index is 1.48. The summed E-state index contributed by atoms with van der Waals surface area (Å²) >= 11 is 7.20. The van der Waals surface area contributed by atoms with Crippen LogP contribution in [0.2, 0.25) is 0 Å². The molecule has 4 rings (SSSR count). The van der Waals surface area contributed by atoms with E-state index in [-0.39, 0.29) is 5.97 Å². The highest BCUT2D eigenvalue weighted by molar-refractivity contribution is 7.80. The molecule has 0 saturated heterocycles. The number of ether oxygens (including phenoxy) is 1. The molecule has 1 aliphatic carbocycles. The molecule has 0 fully saturated rings. The highest BCUT2D eigenvalue weighted by Crippen LogP contribution is 2.37. The van der Waals surface area contributed by atoms with Gasteiger partial charge in [0, 0.05) is 11.1 Å². The second kappa shape index (κ2) is 10.9. The lowest BCUT2D eigenvalue weighted by molar-refractivity contribution is 0.0526. The Morgan fingerprint density at radius 1 is 1.18 bits per heavy atom. The van der Waals surface area contributed by atoms with Gasteiger partial charge in [-0.1, -0.05) is 37.1 Å². The number of fused-ring (bicyclic) bond motifs is 1. The molecule has 6 nitrogen and oxygen atoms in total. The Hall–Kier alpha value is -2.71. The van der Waals surface area contributed by atoms with Crippen LogP contribution in [0.25, 0.3) is 0 Å². The third-order valence-corrected chi connectivity index (χ3v) is 7.27. The van der Waals surface area contributed by atoms with Gasteiger partial charge in [0.2, 0.25) is 0 Å². The summed E-state index contributed by atoms with van der Waals surface area (Å²) in [5.41, 5.74) is 5.05. The summed E-state index contributed by atoms with van der Waals surface area (Å²) in [4.78, 5) is 14.1. The van der Waals surface area contributed by atoms with Gasteiger partial charge in [-0.15, -0.1) is 11.3 Å². The molecule has 3 aromatic rings. The van der Waals surface area contributed by atoms with E-state index in [1.54, 1.807) is 17.5 Å². The standard InChI is InChI=1S/C25H30N4O2S2/c1-3-31-24(30)22-20-12-6-4-5-7-13-21(20)33-23(22)28-25(32)27-19-14-26-29(16-19)15-18-11-9-8-10-17(18)2/h8-11,14,16H,3-7,12-13,15H2,1-2H3,(H2,27,28,32). The van der Waals surface area contributed by atoms with E-state index in [9.17, 15) is 4.79 Å². The van der Waals surface area contributed by atoms with E-state index in [2.05, 4.69) is 34.8 Å². The van der Waals surface area contributed by atoms with Crippen LogP contribution in [0.15, 0.2) is 36.7 Å². The summed E-state index contributed by atoms with van der Waals surface area (Å²) in [5, 5.41) is 12.1. The van der Waals surface area contributed by atoms with Gasteiger partial charge >= 0.3 is 5.97 Å². The van der Waals surface area contributed by atoms with Crippen molar-refractivity contribution < 1.29 is 9.53 Å². The number of carbonyl (C=O) groups is 1. The summed E-state index contributed by atoms with van der Waals surface area (Å²) in [6.45, 7) is 4.98. The second-order valence-electron chi connectivity index (χ2n) is 8.27. The van der Waals surface area contributed by atoms with E-state index >= 15 is 0 Å². The molecule has 1 aromatic carbocycles. The van der Waals surface area contributed by atoms with Crippen molar-refractivity contribution in [2.24, 2.45) is 0 Å². The zero-order valence-corrected chi connectivity index (χ0v) is 20.8. The molecule has 2 N–H and O–H groups in total. The minimum Gasteiger partial charge on any atom is -0.462 e. The molecule has 1 aliphatic rings. The summed E-state index contributed by atoms with van der Waals surface area (Å²) in [6.07, 6.45) is 10.3. The van der Waals surface area contributed by atoms with Crippen LogP contribution >= 0.6 is 23.6 Å². The van der Waals surface area contributed by atoms with Gasteiger partial charge in [-0.05, 0) is 68.4 Å². The maximum Gasteiger partial charge on any atom is 0.341 e. The van der Waals surface area contributed by atoms with E-state index in [4.69, 9.17) is 17.0 Å². The molecule has 33 heavy (non-hydrogen) atoms. The molecular formula is C25H30N4O2S2. The normalized spacial score (nSPS) is 13.5. The largest absolute Gasteiger partial charge is 0.462 e. The quantitative estimate of drug-likeness (QED) is 0.334. The Labute approximate surface area is 204 Å². The van der Waals surface area contributed by atoms with Crippen molar-refractivity contribution in [2.45, 2.75) is 58.9 Å². The summed E-state index contributed by atoms with van der Waals surface area (Å²) < 4.78 is 7.27. The predicted octanol–water partition coefficient (Wildman–Crippen LogP) is 5.95. The Kier molecular flexibility index (Phi) is 7.77. The van der Waals surface area contributed by atoms with Crippen LogP contribution < -0.4 is 10.6 Å². The van der Waals surface area contributed by atoms with Crippen LogP contribution in [-0.4, -0.2) is 27.5 Å². The number of anilines is 2. The van der Waals surface area contributed by atoms with Crippen molar-refractivity contribution in [1.29, 1.82) is 0 Å². The summed E-state index contributed by atoms with van der Waals surface area (Å²) in [5.74, 6) is -0.271. The lowest BCUT2D eigenvalue weighted by Gasteiger charge is -2.12. The van der Waals surface area contributed by atoms with Crippen molar-refractivity contribution in [3.63, 3.8) is 0 Å². The smallest absolute Gasteiger partial charge is 0.341 e. The molecule has 0 radical (unpaired) electrons. The van der Waals surface area contributed by atoms with Crippen molar-refractivity contribution in [3.05, 3.63) is 63.8 Å². The number of carbonyl (C=O) groups excluding carboxylic acids is 1. The van der Waals surface area contributed by atoms with E-state index < -0.39 is 0 Å². The monoisotopic (exact) mass is 482 g/mol. The number of thiophene rings is 1. The first-order chi connectivity index (χ1) is 16.0. The fourth-order valence-electron chi connectivity index (χ4n) is 4.17. The Bertz CT molecular complexity index is 1140. The molecule has 0 aliphatic heterocycles. The third kappa shape index (κ3) is 5.81. The predicted molar refractivity (Wildman–Crippen MR) is 139 cm³/mol. The Morgan fingerprint density at radius 2 is 1.97 bits per heavy atom. The molecule has 2 aromatic heterocycles. The first-order valence-electron chi connectivity index (χ1n) is 11.5. The average Bonchev–Trinajstić information content (AvgIpc) is 3.33. The number of nitrogens with zero attached hydrogens (tertiary/aromatic N) is 2.